The Bertz CT molecular complexity index is 823. The maximum absolute atomic E-state index is 12.4. The number of nitrogens with one attached hydrogen (secondary N) is 1. The first-order valence-corrected chi connectivity index (χ1v) is 9.22. The molecular weight excluding hydrogens is 424 g/mol. The number of carbonyl (C=O) groups is 1. The van der Waals surface area contributed by atoms with E-state index >= 15 is 0 Å². The molecule has 9 heteroatoms. The molecule has 1 aliphatic rings. The van der Waals surface area contributed by atoms with Gasteiger partial charge in [-0.15, -0.1) is 0 Å². The van der Waals surface area contributed by atoms with Gasteiger partial charge in [0.05, 0.1) is 15.6 Å². The number of benzene rings is 1. The lowest BCUT2D eigenvalue weighted by Crippen LogP contribution is -2.38. The first-order valence-electron chi connectivity index (χ1n) is 8.05. The van der Waals surface area contributed by atoms with Gasteiger partial charge >= 0.3 is 0 Å². The van der Waals surface area contributed by atoms with E-state index in [4.69, 9.17) is 11.6 Å². The van der Waals surface area contributed by atoms with E-state index < -0.39 is 4.92 Å². The highest BCUT2D eigenvalue weighted by Gasteiger charge is 2.26. The van der Waals surface area contributed by atoms with Crippen molar-refractivity contribution in [3.05, 3.63) is 56.1 Å². The summed E-state index contributed by atoms with van der Waals surface area (Å²) in [7, 11) is 0. The molecular formula is C17H16BrClN4O3. The Hall–Kier alpha value is -2.19. The van der Waals surface area contributed by atoms with Crippen molar-refractivity contribution >= 4 is 50.6 Å². The zero-order chi connectivity index (χ0) is 18.7. The van der Waals surface area contributed by atoms with Gasteiger partial charge in [0.2, 0.25) is 5.91 Å². The van der Waals surface area contributed by atoms with E-state index in [0.29, 0.717) is 36.8 Å². The molecule has 0 unspecified atom stereocenters. The normalized spacial score (nSPS) is 14.9. The predicted octanol–water partition coefficient (Wildman–Crippen LogP) is 4.26. The fourth-order valence-corrected chi connectivity index (χ4v) is 3.46. The number of aromatic nitrogens is 1. The molecule has 1 fully saturated rings. The van der Waals surface area contributed by atoms with Crippen molar-refractivity contribution in [2.75, 3.05) is 23.3 Å². The Labute approximate surface area is 163 Å². The Morgan fingerprint density at radius 3 is 2.62 bits per heavy atom. The van der Waals surface area contributed by atoms with Crippen molar-refractivity contribution in [2.45, 2.75) is 12.8 Å². The number of halogens is 2. The van der Waals surface area contributed by atoms with Crippen molar-refractivity contribution in [2.24, 2.45) is 5.92 Å². The van der Waals surface area contributed by atoms with E-state index in [9.17, 15) is 14.9 Å². The molecule has 0 saturated carbocycles. The number of pyridine rings is 1. The van der Waals surface area contributed by atoms with Gasteiger partial charge in [-0.25, -0.2) is 4.98 Å². The Kier molecular flexibility index (Phi) is 5.73. The van der Waals surface area contributed by atoms with Crippen LogP contribution in [0, 0.1) is 16.0 Å². The zero-order valence-electron chi connectivity index (χ0n) is 13.7. The fraction of sp³-hybridized carbons (Fsp3) is 0.294. The number of hydrogen-bond donors (Lipinski definition) is 1. The molecule has 1 saturated heterocycles. The van der Waals surface area contributed by atoms with Crippen LogP contribution in [0.3, 0.4) is 0 Å². The molecule has 0 atom stereocenters. The van der Waals surface area contributed by atoms with Crippen LogP contribution in [-0.4, -0.2) is 28.9 Å². The van der Waals surface area contributed by atoms with Crippen molar-refractivity contribution in [1.82, 2.24) is 4.98 Å². The minimum absolute atomic E-state index is 0.0324. The number of non-ortho nitro benzene ring substituents is 1. The van der Waals surface area contributed by atoms with Gasteiger partial charge < -0.3 is 10.2 Å². The van der Waals surface area contributed by atoms with Gasteiger partial charge in [0.15, 0.2) is 0 Å². The molecule has 1 N–H and O–H groups in total. The van der Waals surface area contributed by atoms with Gasteiger partial charge in [-0.05, 0) is 47.0 Å². The SMILES string of the molecule is O=C(Nc1ccc(Br)cn1)C1CCN(c2ccc([N+](=O)[O-])cc2Cl)CC1. The second kappa shape index (κ2) is 8.01. The molecule has 1 aromatic carbocycles. The lowest BCUT2D eigenvalue weighted by molar-refractivity contribution is -0.384. The maximum Gasteiger partial charge on any atom is 0.271 e. The summed E-state index contributed by atoms with van der Waals surface area (Å²) in [5, 5.41) is 14.0. The Balaban J connectivity index is 1.59. The molecule has 2 aromatic rings. The average molecular weight is 440 g/mol. The van der Waals surface area contributed by atoms with Gasteiger partial charge in [-0.2, -0.15) is 0 Å². The summed E-state index contributed by atoms with van der Waals surface area (Å²) in [5.41, 5.74) is 0.723. The van der Waals surface area contributed by atoms with Gasteiger partial charge in [-0.1, -0.05) is 11.6 Å². The lowest BCUT2D eigenvalue weighted by atomic mass is 9.95. The van der Waals surface area contributed by atoms with Crippen molar-refractivity contribution in [3.63, 3.8) is 0 Å². The summed E-state index contributed by atoms with van der Waals surface area (Å²) in [6, 6.07) is 8.02. The van der Waals surface area contributed by atoms with Gasteiger partial charge in [-0.3, -0.25) is 14.9 Å². The minimum Gasteiger partial charge on any atom is -0.370 e. The van der Waals surface area contributed by atoms with Crippen molar-refractivity contribution < 1.29 is 9.72 Å². The monoisotopic (exact) mass is 438 g/mol. The highest BCUT2D eigenvalue weighted by molar-refractivity contribution is 9.10. The third kappa shape index (κ3) is 4.31. The second-order valence-corrected chi connectivity index (χ2v) is 7.33. The molecule has 136 valence electrons. The number of amides is 1. The van der Waals surface area contributed by atoms with Crippen LogP contribution in [0.1, 0.15) is 12.8 Å². The van der Waals surface area contributed by atoms with Gasteiger partial charge in [0, 0.05) is 41.8 Å². The largest absolute Gasteiger partial charge is 0.370 e. The van der Waals surface area contributed by atoms with E-state index in [1.165, 1.54) is 12.1 Å². The van der Waals surface area contributed by atoms with E-state index in [-0.39, 0.29) is 17.5 Å². The topological polar surface area (TPSA) is 88.4 Å². The van der Waals surface area contributed by atoms with Crippen LogP contribution < -0.4 is 10.2 Å². The smallest absolute Gasteiger partial charge is 0.271 e. The van der Waals surface area contributed by atoms with Crippen LogP contribution in [0.5, 0.6) is 0 Å². The number of nitro benzene ring substituents is 1. The van der Waals surface area contributed by atoms with Crippen LogP contribution in [0.4, 0.5) is 17.2 Å². The van der Waals surface area contributed by atoms with Crippen LogP contribution >= 0.6 is 27.5 Å². The predicted molar refractivity (Wildman–Crippen MR) is 104 cm³/mol. The Morgan fingerprint density at radius 1 is 1.31 bits per heavy atom. The standard InChI is InChI=1S/C17H16BrClN4O3/c18-12-1-4-16(20-10-12)21-17(24)11-5-7-22(8-6-11)15-3-2-13(23(25)26)9-14(15)19/h1-4,9-11H,5-8H2,(H,20,21,24). The molecule has 26 heavy (non-hydrogen) atoms. The Morgan fingerprint density at radius 2 is 2.04 bits per heavy atom. The van der Waals surface area contributed by atoms with Crippen LogP contribution in [0.2, 0.25) is 5.02 Å². The van der Waals surface area contributed by atoms with E-state index in [1.807, 2.05) is 11.0 Å². The first-order chi connectivity index (χ1) is 12.4. The van der Waals surface area contributed by atoms with Crippen molar-refractivity contribution in [1.29, 1.82) is 0 Å². The third-order valence-corrected chi connectivity index (χ3v) is 5.10. The summed E-state index contributed by atoms with van der Waals surface area (Å²) < 4.78 is 0.851. The first kappa shape index (κ1) is 18.6. The maximum atomic E-state index is 12.4. The van der Waals surface area contributed by atoms with Crippen LogP contribution in [0.15, 0.2) is 41.0 Å². The molecule has 1 aromatic heterocycles. The number of anilines is 2. The number of hydrogen-bond acceptors (Lipinski definition) is 5. The molecule has 0 bridgehead atoms. The quantitative estimate of drug-likeness (QED) is 0.568. The zero-order valence-corrected chi connectivity index (χ0v) is 16.0. The molecule has 7 nitrogen and oxygen atoms in total. The van der Waals surface area contributed by atoms with E-state index in [1.54, 1.807) is 18.3 Å². The third-order valence-electron chi connectivity index (χ3n) is 4.33. The summed E-state index contributed by atoms with van der Waals surface area (Å²) in [6.45, 7) is 1.31. The molecule has 3 rings (SSSR count). The minimum atomic E-state index is -0.470. The number of piperidine rings is 1. The molecule has 1 amide bonds. The summed E-state index contributed by atoms with van der Waals surface area (Å²) in [5.74, 6) is 0.377. The van der Waals surface area contributed by atoms with Gasteiger partial charge in [0.1, 0.15) is 5.82 Å². The van der Waals surface area contributed by atoms with E-state index in [0.717, 1.165) is 10.2 Å². The lowest BCUT2D eigenvalue weighted by Gasteiger charge is -2.33. The number of nitro groups is 1. The van der Waals surface area contributed by atoms with Crippen molar-refractivity contribution in [3.8, 4) is 0 Å². The summed E-state index contributed by atoms with van der Waals surface area (Å²) in [6.07, 6.45) is 2.99. The number of carbonyl (C=O) groups excluding carboxylic acids is 1. The number of rotatable bonds is 4. The van der Waals surface area contributed by atoms with E-state index in [2.05, 4.69) is 26.2 Å². The van der Waals surface area contributed by atoms with Crippen LogP contribution in [0.25, 0.3) is 0 Å². The molecule has 1 aliphatic heterocycles. The van der Waals surface area contributed by atoms with Crippen LogP contribution in [-0.2, 0) is 4.79 Å². The summed E-state index contributed by atoms with van der Waals surface area (Å²) in [4.78, 5) is 28.9. The highest BCUT2D eigenvalue weighted by atomic mass is 79.9. The summed E-state index contributed by atoms with van der Waals surface area (Å²) >= 11 is 9.49. The van der Waals surface area contributed by atoms with Gasteiger partial charge in [0.25, 0.3) is 5.69 Å². The molecule has 0 spiro atoms. The highest BCUT2D eigenvalue weighted by Crippen LogP contribution is 2.32. The fourth-order valence-electron chi connectivity index (χ4n) is 2.93. The number of nitrogens with zero attached hydrogens (tertiary/aromatic N) is 3. The molecule has 0 radical (unpaired) electrons. The average Bonchev–Trinajstić information content (AvgIpc) is 2.63. The molecule has 2 heterocycles. The molecule has 0 aliphatic carbocycles. The second-order valence-electron chi connectivity index (χ2n) is 6.01.